The van der Waals surface area contributed by atoms with Gasteiger partial charge in [0.25, 0.3) is 0 Å². The third-order valence-corrected chi connectivity index (χ3v) is 1.18. The standard InChI is InChI=1S/C8H8O.2C2H6.CH4O/c1-7(9)8-5-3-2-4-6-8;3*1-2/h2-6H,1H3;2*1-2H3;2H,1H3. The van der Waals surface area contributed by atoms with E-state index < -0.39 is 0 Å². The number of aliphatic hydroxyl groups excluding tert-OH is 1. The van der Waals surface area contributed by atoms with Crippen molar-refractivity contribution in [3.8, 4) is 0 Å². The third-order valence-electron chi connectivity index (χ3n) is 1.18. The molecule has 0 amide bonds. The Morgan fingerprint density at radius 2 is 1.27 bits per heavy atom. The molecule has 0 bridgehead atoms. The van der Waals surface area contributed by atoms with E-state index in [2.05, 4.69) is 0 Å². The van der Waals surface area contributed by atoms with Crippen LogP contribution in [0.3, 0.4) is 0 Å². The summed E-state index contributed by atoms with van der Waals surface area (Å²) in [4.78, 5) is 10.6. The van der Waals surface area contributed by atoms with Crippen LogP contribution >= 0.6 is 0 Å². The van der Waals surface area contributed by atoms with Gasteiger partial charge < -0.3 is 5.11 Å². The van der Waals surface area contributed by atoms with Crippen LogP contribution in [0.4, 0.5) is 0 Å². The zero-order valence-corrected chi connectivity index (χ0v) is 10.7. The summed E-state index contributed by atoms with van der Waals surface area (Å²) in [5.74, 6) is 0.121. The SMILES string of the molecule is CC.CC.CC(=O)c1ccccc1.CO. The Labute approximate surface area is 94.0 Å². The molecule has 0 aliphatic carbocycles. The van der Waals surface area contributed by atoms with Gasteiger partial charge >= 0.3 is 0 Å². The van der Waals surface area contributed by atoms with Gasteiger partial charge in [-0.3, -0.25) is 4.79 Å². The molecule has 0 radical (unpaired) electrons. The number of Topliss-reactive ketones (excluding diaryl/α,β-unsaturated/α-hetero) is 1. The van der Waals surface area contributed by atoms with Gasteiger partial charge in [-0.25, -0.2) is 0 Å². The first kappa shape index (κ1) is 19.4. The summed E-state index contributed by atoms with van der Waals surface area (Å²) in [6.07, 6.45) is 0. The van der Waals surface area contributed by atoms with Gasteiger partial charge in [0.1, 0.15) is 0 Å². The maximum atomic E-state index is 10.6. The zero-order chi connectivity index (χ0) is 12.7. The number of ketones is 1. The first-order chi connectivity index (χ1) is 7.30. The van der Waals surface area contributed by atoms with E-state index in [9.17, 15) is 4.79 Å². The topological polar surface area (TPSA) is 37.3 Å². The lowest BCUT2D eigenvalue weighted by Crippen LogP contribution is -1.88. The Morgan fingerprint density at radius 1 is 0.933 bits per heavy atom. The van der Waals surface area contributed by atoms with Crippen molar-refractivity contribution in [3.63, 3.8) is 0 Å². The number of carbonyl (C=O) groups excluding carboxylic acids is 1. The maximum Gasteiger partial charge on any atom is 0.159 e. The molecule has 1 rings (SSSR count). The molecule has 0 atom stereocenters. The van der Waals surface area contributed by atoms with Gasteiger partial charge in [-0.1, -0.05) is 58.0 Å². The smallest absolute Gasteiger partial charge is 0.159 e. The second-order valence-corrected chi connectivity index (χ2v) is 1.92. The Balaban J connectivity index is -0.000000208. The van der Waals surface area contributed by atoms with Crippen molar-refractivity contribution in [2.24, 2.45) is 0 Å². The normalized spacial score (nSPS) is 6.60. The monoisotopic (exact) mass is 212 g/mol. The van der Waals surface area contributed by atoms with Crippen LogP contribution in [0.15, 0.2) is 30.3 Å². The number of rotatable bonds is 1. The van der Waals surface area contributed by atoms with E-state index in [1.54, 1.807) is 6.92 Å². The molecule has 0 saturated heterocycles. The van der Waals surface area contributed by atoms with Crippen LogP contribution in [0.1, 0.15) is 45.0 Å². The van der Waals surface area contributed by atoms with Crippen molar-refractivity contribution in [1.29, 1.82) is 0 Å². The lowest BCUT2D eigenvalue weighted by Gasteiger charge is -1.89. The van der Waals surface area contributed by atoms with E-state index in [1.807, 2.05) is 58.0 Å². The van der Waals surface area contributed by atoms with Gasteiger partial charge in [0.05, 0.1) is 0 Å². The number of carbonyl (C=O) groups is 1. The fraction of sp³-hybridized carbons (Fsp3) is 0.462. The average molecular weight is 212 g/mol. The van der Waals surface area contributed by atoms with Crippen molar-refractivity contribution in [1.82, 2.24) is 0 Å². The summed E-state index contributed by atoms with van der Waals surface area (Å²) >= 11 is 0. The van der Waals surface area contributed by atoms with Crippen molar-refractivity contribution in [2.75, 3.05) is 7.11 Å². The van der Waals surface area contributed by atoms with Crippen LogP contribution in [0.25, 0.3) is 0 Å². The molecule has 88 valence electrons. The van der Waals surface area contributed by atoms with Crippen LogP contribution in [0.2, 0.25) is 0 Å². The summed E-state index contributed by atoms with van der Waals surface area (Å²) in [5.41, 5.74) is 0.775. The predicted molar refractivity (Wildman–Crippen MR) is 67.3 cm³/mol. The second-order valence-electron chi connectivity index (χ2n) is 1.92. The molecule has 0 saturated carbocycles. The maximum absolute atomic E-state index is 10.6. The highest BCUT2D eigenvalue weighted by Gasteiger charge is 1.92. The molecule has 1 aromatic rings. The average Bonchev–Trinajstić information content (AvgIpc) is 2.38. The number of aliphatic hydroxyl groups is 1. The molecule has 0 unspecified atom stereocenters. The fourth-order valence-electron chi connectivity index (χ4n) is 0.673. The van der Waals surface area contributed by atoms with Gasteiger partial charge in [-0.15, -0.1) is 0 Å². The molecule has 1 N–H and O–H groups in total. The van der Waals surface area contributed by atoms with E-state index in [-0.39, 0.29) is 5.78 Å². The van der Waals surface area contributed by atoms with E-state index >= 15 is 0 Å². The third kappa shape index (κ3) is 12.8. The van der Waals surface area contributed by atoms with E-state index in [4.69, 9.17) is 5.11 Å². The van der Waals surface area contributed by atoms with Gasteiger partial charge in [0.2, 0.25) is 0 Å². The Hall–Kier alpha value is -1.15. The molecule has 0 spiro atoms. The van der Waals surface area contributed by atoms with Crippen molar-refractivity contribution < 1.29 is 9.90 Å². The molecule has 0 aliphatic heterocycles. The van der Waals surface area contributed by atoms with Crippen LogP contribution in [-0.2, 0) is 0 Å². The molecule has 0 aliphatic rings. The minimum atomic E-state index is 0.121. The quantitative estimate of drug-likeness (QED) is 0.723. The minimum absolute atomic E-state index is 0.121. The molecular formula is C13H24O2. The molecule has 2 nitrogen and oxygen atoms in total. The number of benzene rings is 1. The van der Waals surface area contributed by atoms with E-state index in [0.717, 1.165) is 12.7 Å². The molecule has 2 heteroatoms. The minimum Gasteiger partial charge on any atom is -0.400 e. The zero-order valence-electron chi connectivity index (χ0n) is 10.7. The summed E-state index contributed by atoms with van der Waals surface area (Å²) in [6, 6.07) is 9.23. The van der Waals surface area contributed by atoms with Gasteiger partial charge in [0, 0.05) is 12.7 Å². The van der Waals surface area contributed by atoms with Crippen LogP contribution in [0.5, 0.6) is 0 Å². The van der Waals surface area contributed by atoms with Crippen LogP contribution in [0, 0.1) is 0 Å². The van der Waals surface area contributed by atoms with E-state index in [0.29, 0.717) is 0 Å². The molecule has 1 aromatic carbocycles. The Morgan fingerprint density at radius 3 is 1.47 bits per heavy atom. The number of hydrogen-bond donors (Lipinski definition) is 1. The lowest BCUT2D eigenvalue weighted by molar-refractivity contribution is 0.101. The van der Waals surface area contributed by atoms with Crippen LogP contribution in [-0.4, -0.2) is 18.0 Å². The summed E-state index contributed by atoms with van der Waals surface area (Å²) in [7, 11) is 1.00. The van der Waals surface area contributed by atoms with Gasteiger partial charge in [0.15, 0.2) is 5.78 Å². The second kappa shape index (κ2) is 18.6. The summed E-state index contributed by atoms with van der Waals surface area (Å²) in [6.45, 7) is 9.56. The number of hydrogen-bond acceptors (Lipinski definition) is 2. The molecule has 15 heavy (non-hydrogen) atoms. The molecule has 0 fully saturated rings. The molecule has 0 aromatic heterocycles. The largest absolute Gasteiger partial charge is 0.400 e. The molecule has 0 heterocycles. The first-order valence-corrected chi connectivity index (χ1v) is 5.31. The van der Waals surface area contributed by atoms with Gasteiger partial charge in [-0.2, -0.15) is 0 Å². The fourth-order valence-corrected chi connectivity index (χ4v) is 0.673. The highest BCUT2D eigenvalue weighted by molar-refractivity contribution is 5.93. The summed E-state index contributed by atoms with van der Waals surface area (Å²) < 4.78 is 0. The lowest BCUT2D eigenvalue weighted by atomic mass is 10.2. The van der Waals surface area contributed by atoms with Crippen LogP contribution < -0.4 is 0 Å². The first-order valence-electron chi connectivity index (χ1n) is 5.31. The predicted octanol–water partition coefficient (Wildman–Crippen LogP) is 3.55. The van der Waals surface area contributed by atoms with E-state index in [1.165, 1.54) is 0 Å². The highest BCUT2D eigenvalue weighted by Crippen LogP contribution is 1.97. The summed E-state index contributed by atoms with van der Waals surface area (Å²) in [5, 5.41) is 7.00. The molecular weight excluding hydrogens is 188 g/mol. The van der Waals surface area contributed by atoms with Crippen molar-refractivity contribution in [3.05, 3.63) is 35.9 Å². The Kier molecular flexibility index (Phi) is 24.1. The van der Waals surface area contributed by atoms with Crippen molar-refractivity contribution >= 4 is 5.78 Å². The van der Waals surface area contributed by atoms with Crippen molar-refractivity contribution in [2.45, 2.75) is 34.6 Å². The Bertz CT molecular complexity index is 205. The highest BCUT2D eigenvalue weighted by atomic mass is 16.2. The van der Waals surface area contributed by atoms with Gasteiger partial charge in [-0.05, 0) is 6.92 Å².